The highest BCUT2D eigenvalue weighted by molar-refractivity contribution is 6.35. The van der Waals surface area contributed by atoms with Crippen LogP contribution in [-0.2, 0) is 7.05 Å². The molecule has 0 unspecified atom stereocenters. The second kappa shape index (κ2) is 3.90. The molecule has 0 radical (unpaired) electrons. The van der Waals surface area contributed by atoms with Crippen LogP contribution in [0.15, 0.2) is 48.7 Å². The number of aromatic nitrogens is 2. The quantitative estimate of drug-likeness (QED) is 0.633. The molecule has 0 saturated heterocycles. The average molecular weight is 243 g/mol. The molecule has 0 aliphatic carbocycles. The van der Waals surface area contributed by atoms with Crippen LogP contribution in [0.1, 0.15) is 0 Å². The normalized spacial score (nSPS) is 10.9. The molecule has 0 aliphatic heterocycles. The largest absolute Gasteiger partial charge is 0.328 e. The van der Waals surface area contributed by atoms with Crippen LogP contribution >= 0.6 is 11.6 Å². The lowest BCUT2D eigenvalue weighted by molar-refractivity contribution is 0.957. The SMILES string of the molecule is Cn1c(-c2ccccc2)cc2c(Cl)ccnc21. The van der Waals surface area contributed by atoms with Crippen molar-refractivity contribution in [2.75, 3.05) is 0 Å². The van der Waals surface area contributed by atoms with Gasteiger partial charge in [-0.25, -0.2) is 4.98 Å². The van der Waals surface area contributed by atoms with Crippen molar-refractivity contribution >= 4 is 22.6 Å². The van der Waals surface area contributed by atoms with Gasteiger partial charge in [0.1, 0.15) is 5.65 Å². The van der Waals surface area contributed by atoms with Crippen LogP contribution in [0.2, 0.25) is 5.02 Å². The molecule has 84 valence electrons. The van der Waals surface area contributed by atoms with Crippen molar-refractivity contribution in [2.24, 2.45) is 7.05 Å². The maximum Gasteiger partial charge on any atom is 0.141 e. The molecule has 3 rings (SSSR count). The fourth-order valence-corrected chi connectivity index (χ4v) is 2.27. The topological polar surface area (TPSA) is 17.8 Å². The molecule has 0 saturated carbocycles. The molecule has 0 spiro atoms. The average Bonchev–Trinajstić information content (AvgIpc) is 2.70. The summed E-state index contributed by atoms with van der Waals surface area (Å²) in [6.45, 7) is 0. The van der Waals surface area contributed by atoms with Crippen LogP contribution < -0.4 is 0 Å². The molecule has 0 amide bonds. The molecule has 0 atom stereocenters. The van der Waals surface area contributed by atoms with Gasteiger partial charge in [-0.2, -0.15) is 0 Å². The monoisotopic (exact) mass is 242 g/mol. The van der Waals surface area contributed by atoms with Crippen LogP contribution in [0.5, 0.6) is 0 Å². The van der Waals surface area contributed by atoms with Gasteiger partial charge in [0.05, 0.1) is 10.7 Å². The number of halogens is 1. The molecule has 17 heavy (non-hydrogen) atoms. The Morgan fingerprint density at radius 3 is 2.59 bits per heavy atom. The number of fused-ring (bicyclic) bond motifs is 1. The molecule has 2 heterocycles. The molecule has 0 N–H and O–H groups in total. The van der Waals surface area contributed by atoms with Crippen molar-refractivity contribution in [2.45, 2.75) is 0 Å². The van der Waals surface area contributed by atoms with Gasteiger partial charge in [0.25, 0.3) is 0 Å². The first-order chi connectivity index (χ1) is 8.27. The summed E-state index contributed by atoms with van der Waals surface area (Å²) in [4.78, 5) is 4.37. The lowest BCUT2D eigenvalue weighted by Gasteiger charge is -2.03. The van der Waals surface area contributed by atoms with E-state index >= 15 is 0 Å². The highest BCUT2D eigenvalue weighted by atomic mass is 35.5. The zero-order chi connectivity index (χ0) is 11.8. The van der Waals surface area contributed by atoms with Crippen molar-refractivity contribution in [1.82, 2.24) is 9.55 Å². The summed E-state index contributed by atoms with van der Waals surface area (Å²) in [5, 5.41) is 1.74. The minimum Gasteiger partial charge on any atom is -0.328 e. The van der Waals surface area contributed by atoms with Gasteiger partial charge in [-0.3, -0.25) is 0 Å². The Morgan fingerprint density at radius 1 is 1.12 bits per heavy atom. The van der Waals surface area contributed by atoms with Gasteiger partial charge in [-0.05, 0) is 17.7 Å². The number of benzene rings is 1. The van der Waals surface area contributed by atoms with E-state index in [-0.39, 0.29) is 0 Å². The number of hydrogen-bond donors (Lipinski definition) is 0. The Balaban J connectivity index is 2.32. The fourth-order valence-electron chi connectivity index (χ4n) is 2.07. The Hall–Kier alpha value is -1.80. The van der Waals surface area contributed by atoms with E-state index in [1.807, 2.05) is 31.3 Å². The van der Waals surface area contributed by atoms with E-state index in [0.717, 1.165) is 21.7 Å². The fraction of sp³-hybridized carbons (Fsp3) is 0.0714. The Morgan fingerprint density at radius 2 is 1.88 bits per heavy atom. The van der Waals surface area contributed by atoms with E-state index in [0.29, 0.717) is 0 Å². The van der Waals surface area contributed by atoms with E-state index in [9.17, 15) is 0 Å². The summed E-state index contributed by atoms with van der Waals surface area (Å²) in [7, 11) is 2.01. The molecule has 3 heteroatoms. The molecule has 0 fully saturated rings. The minimum absolute atomic E-state index is 0.743. The van der Waals surface area contributed by atoms with Crippen LogP contribution in [0.25, 0.3) is 22.3 Å². The number of pyridine rings is 1. The summed E-state index contributed by atoms with van der Waals surface area (Å²) in [6, 6.07) is 14.1. The van der Waals surface area contributed by atoms with Crippen LogP contribution in [0.3, 0.4) is 0 Å². The predicted molar refractivity (Wildman–Crippen MR) is 71.2 cm³/mol. The van der Waals surface area contributed by atoms with Gasteiger partial charge in [0.15, 0.2) is 0 Å². The van der Waals surface area contributed by atoms with Crippen LogP contribution in [-0.4, -0.2) is 9.55 Å². The van der Waals surface area contributed by atoms with Gasteiger partial charge in [-0.1, -0.05) is 41.9 Å². The molecule has 3 aromatic rings. The minimum atomic E-state index is 0.743. The highest BCUT2D eigenvalue weighted by Crippen LogP contribution is 2.29. The number of nitrogens with zero attached hydrogens (tertiary/aromatic N) is 2. The van der Waals surface area contributed by atoms with Gasteiger partial charge in [0, 0.05) is 18.6 Å². The lowest BCUT2D eigenvalue weighted by atomic mass is 10.1. The molecule has 0 aliphatic rings. The van der Waals surface area contributed by atoms with Crippen molar-refractivity contribution in [3.8, 4) is 11.3 Å². The number of rotatable bonds is 1. The standard InChI is InChI=1S/C14H11ClN2/c1-17-13(10-5-3-2-4-6-10)9-11-12(15)7-8-16-14(11)17/h2-9H,1H3. The lowest BCUT2D eigenvalue weighted by Crippen LogP contribution is -1.92. The Labute approximate surface area is 104 Å². The third-order valence-electron chi connectivity index (χ3n) is 2.95. The molecule has 0 bridgehead atoms. The summed E-state index contributed by atoms with van der Waals surface area (Å²) >= 11 is 6.18. The second-order valence-corrected chi connectivity index (χ2v) is 4.39. The second-order valence-electron chi connectivity index (χ2n) is 3.98. The Kier molecular flexibility index (Phi) is 2.37. The van der Waals surface area contributed by atoms with Crippen molar-refractivity contribution in [3.05, 3.63) is 53.7 Å². The highest BCUT2D eigenvalue weighted by Gasteiger charge is 2.10. The molecule has 1 aromatic carbocycles. The van der Waals surface area contributed by atoms with E-state index < -0.39 is 0 Å². The van der Waals surface area contributed by atoms with Crippen LogP contribution in [0.4, 0.5) is 0 Å². The summed E-state index contributed by atoms with van der Waals surface area (Å²) in [6.07, 6.45) is 1.74. The molecular weight excluding hydrogens is 232 g/mol. The smallest absolute Gasteiger partial charge is 0.141 e. The number of hydrogen-bond acceptors (Lipinski definition) is 1. The summed E-state index contributed by atoms with van der Waals surface area (Å²) < 4.78 is 2.07. The van der Waals surface area contributed by atoms with Crippen molar-refractivity contribution in [3.63, 3.8) is 0 Å². The zero-order valence-corrected chi connectivity index (χ0v) is 10.1. The van der Waals surface area contributed by atoms with Crippen molar-refractivity contribution < 1.29 is 0 Å². The molecular formula is C14H11ClN2. The first-order valence-electron chi connectivity index (χ1n) is 5.43. The van der Waals surface area contributed by atoms with Crippen molar-refractivity contribution in [1.29, 1.82) is 0 Å². The van der Waals surface area contributed by atoms with Gasteiger partial charge in [-0.15, -0.1) is 0 Å². The van der Waals surface area contributed by atoms with E-state index in [2.05, 4.69) is 27.8 Å². The zero-order valence-electron chi connectivity index (χ0n) is 9.39. The van der Waals surface area contributed by atoms with E-state index in [1.54, 1.807) is 6.20 Å². The first-order valence-corrected chi connectivity index (χ1v) is 5.80. The Bertz CT molecular complexity index is 671. The molecule has 2 nitrogen and oxygen atoms in total. The predicted octanol–water partition coefficient (Wildman–Crippen LogP) is 3.89. The van der Waals surface area contributed by atoms with E-state index in [4.69, 9.17) is 11.6 Å². The first kappa shape index (κ1) is 10.4. The third-order valence-corrected chi connectivity index (χ3v) is 3.28. The van der Waals surface area contributed by atoms with Gasteiger partial charge < -0.3 is 4.57 Å². The maximum atomic E-state index is 6.18. The van der Waals surface area contributed by atoms with Gasteiger partial charge >= 0.3 is 0 Å². The molecule has 2 aromatic heterocycles. The summed E-state index contributed by atoms with van der Waals surface area (Å²) in [5.41, 5.74) is 3.21. The van der Waals surface area contributed by atoms with Crippen LogP contribution in [0, 0.1) is 0 Å². The maximum absolute atomic E-state index is 6.18. The summed E-state index contributed by atoms with van der Waals surface area (Å²) in [5.74, 6) is 0. The van der Waals surface area contributed by atoms with Gasteiger partial charge in [0.2, 0.25) is 0 Å². The van der Waals surface area contributed by atoms with E-state index in [1.165, 1.54) is 5.56 Å². The number of aryl methyl sites for hydroxylation is 1. The third kappa shape index (κ3) is 1.61.